The molecule has 0 aromatic heterocycles. The molecule has 5 N–H and O–H groups in total. The number of nitrogens with one attached hydrogen (secondary N) is 1. The molecule has 0 aliphatic carbocycles. The van der Waals surface area contributed by atoms with Gasteiger partial charge in [-0.25, -0.2) is 0 Å². The average Bonchev–Trinajstić information content (AvgIpc) is 2.55. The van der Waals surface area contributed by atoms with Crippen LogP contribution in [0.2, 0.25) is 0 Å². The Hall–Kier alpha value is -0.850. The molecule has 2 fully saturated rings. The monoisotopic (exact) mass is 365 g/mol. The second kappa shape index (κ2) is 8.69. The lowest BCUT2D eigenvalue weighted by atomic mass is 9.96. The van der Waals surface area contributed by atoms with E-state index in [0.29, 0.717) is 0 Å². The largest absolute Gasteiger partial charge is 0.394 e. The smallest absolute Gasteiger partial charge is 0.217 e. The summed E-state index contributed by atoms with van der Waals surface area (Å²) in [6.45, 7) is 2.41. The molecular weight excluding hydrogens is 338 g/mol. The van der Waals surface area contributed by atoms with E-state index >= 15 is 0 Å². The van der Waals surface area contributed by atoms with Gasteiger partial charge in [0, 0.05) is 20.5 Å². The molecule has 2 rings (SSSR count). The van der Waals surface area contributed by atoms with Gasteiger partial charge in [0.15, 0.2) is 12.6 Å². The number of carbonyl (C=O) groups is 1. The van der Waals surface area contributed by atoms with E-state index in [-0.39, 0.29) is 12.3 Å². The number of carbonyl (C=O) groups excluding carboxylic acids is 1. The maximum absolute atomic E-state index is 11.5. The Balaban J connectivity index is 2.17. The fourth-order valence-electron chi connectivity index (χ4n) is 3.11. The number of hydrogen-bond donors (Lipinski definition) is 5. The molecule has 0 saturated carbocycles. The zero-order valence-electron chi connectivity index (χ0n) is 14.4. The summed E-state index contributed by atoms with van der Waals surface area (Å²) in [5.41, 5.74) is 0. The van der Waals surface area contributed by atoms with E-state index in [2.05, 4.69) is 5.32 Å². The lowest BCUT2D eigenvalue weighted by Gasteiger charge is -2.46. The molecule has 25 heavy (non-hydrogen) atoms. The van der Waals surface area contributed by atoms with E-state index in [1.165, 1.54) is 14.0 Å². The van der Waals surface area contributed by atoms with Gasteiger partial charge in [-0.05, 0) is 6.92 Å². The Bertz CT molecular complexity index is 439. The van der Waals surface area contributed by atoms with Crippen molar-refractivity contribution >= 4 is 5.91 Å². The highest BCUT2D eigenvalue weighted by atomic mass is 16.7. The van der Waals surface area contributed by atoms with Crippen LogP contribution >= 0.6 is 0 Å². The molecule has 10 heteroatoms. The number of amides is 1. The van der Waals surface area contributed by atoms with Crippen LogP contribution in [0.25, 0.3) is 0 Å². The van der Waals surface area contributed by atoms with E-state index in [9.17, 15) is 25.2 Å². The van der Waals surface area contributed by atoms with Gasteiger partial charge in [-0.3, -0.25) is 4.79 Å². The molecule has 2 heterocycles. The molecule has 9 atom stereocenters. The number of methoxy groups -OCH3 is 1. The molecule has 0 bridgehead atoms. The number of rotatable bonds is 5. The van der Waals surface area contributed by atoms with Crippen molar-refractivity contribution in [1.82, 2.24) is 5.32 Å². The first-order valence-electron chi connectivity index (χ1n) is 8.19. The van der Waals surface area contributed by atoms with Crippen LogP contribution in [-0.4, -0.2) is 95.3 Å². The number of ether oxygens (including phenoxy) is 4. The first kappa shape index (κ1) is 20.5. The summed E-state index contributed by atoms with van der Waals surface area (Å²) in [7, 11) is 1.36. The predicted octanol–water partition coefficient (Wildman–Crippen LogP) is -2.54. The average molecular weight is 365 g/mol. The van der Waals surface area contributed by atoms with Crippen molar-refractivity contribution in [1.29, 1.82) is 0 Å². The van der Waals surface area contributed by atoms with Gasteiger partial charge >= 0.3 is 0 Å². The Labute approximate surface area is 145 Å². The third-order valence-corrected chi connectivity index (χ3v) is 4.44. The Morgan fingerprint density at radius 2 is 1.92 bits per heavy atom. The Morgan fingerprint density at radius 3 is 2.44 bits per heavy atom. The molecule has 146 valence electrons. The van der Waals surface area contributed by atoms with Crippen LogP contribution in [0, 0.1) is 0 Å². The second-order valence-corrected chi connectivity index (χ2v) is 6.34. The lowest BCUT2D eigenvalue weighted by Crippen LogP contribution is -2.66. The van der Waals surface area contributed by atoms with Crippen LogP contribution in [0.4, 0.5) is 0 Å². The van der Waals surface area contributed by atoms with Crippen molar-refractivity contribution in [2.45, 2.75) is 75.5 Å². The van der Waals surface area contributed by atoms with Crippen LogP contribution < -0.4 is 5.32 Å². The van der Waals surface area contributed by atoms with Crippen molar-refractivity contribution in [3.63, 3.8) is 0 Å². The minimum atomic E-state index is -1.27. The van der Waals surface area contributed by atoms with Gasteiger partial charge in [-0.1, -0.05) is 0 Å². The number of hydrogen-bond acceptors (Lipinski definition) is 9. The predicted molar refractivity (Wildman–Crippen MR) is 82.2 cm³/mol. The highest BCUT2D eigenvalue weighted by molar-refractivity contribution is 5.73. The van der Waals surface area contributed by atoms with Crippen molar-refractivity contribution in [2.24, 2.45) is 0 Å². The second-order valence-electron chi connectivity index (χ2n) is 6.34. The van der Waals surface area contributed by atoms with E-state index < -0.39 is 61.9 Å². The normalized spacial score (nSPS) is 45.2. The van der Waals surface area contributed by atoms with Crippen molar-refractivity contribution < 1.29 is 44.2 Å². The topological polar surface area (TPSA) is 147 Å². The molecule has 10 nitrogen and oxygen atoms in total. The third-order valence-electron chi connectivity index (χ3n) is 4.44. The number of aliphatic hydroxyl groups excluding tert-OH is 4. The first-order valence-corrected chi connectivity index (χ1v) is 8.19. The minimum Gasteiger partial charge on any atom is -0.394 e. The van der Waals surface area contributed by atoms with Gasteiger partial charge in [-0.2, -0.15) is 0 Å². The highest BCUT2D eigenvalue weighted by Crippen LogP contribution is 2.29. The fourth-order valence-corrected chi connectivity index (χ4v) is 3.11. The Kier molecular flexibility index (Phi) is 7.11. The standard InChI is InChI=1S/C15H27NO9/c1-6-12(20)8(19)4-10(23-6)25-14-11(16-7(2)18)15(22-3)24-9(5-17)13(14)21/h6,8-15,17,19-21H,4-5H2,1-3H3,(H,16,18)/t6-,8-,9+,10-,11+,12-,13+,14+,15+/m0/s1. The van der Waals surface area contributed by atoms with Gasteiger partial charge in [0.05, 0.1) is 18.8 Å². The van der Waals surface area contributed by atoms with Crippen molar-refractivity contribution in [2.75, 3.05) is 13.7 Å². The maximum Gasteiger partial charge on any atom is 0.217 e. The molecule has 2 saturated heterocycles. The highest BCUT2D eigenvalue weighted by Gasteiger charge is 2.48. The van der Waals surface area contributed by atoms with Crippen LogP contribution in [0.1, 0.15) is 20.3 Å². The summed E-state index contributed by atoms with van der Waals surface area (Å²) in [5, 5.41) is 42.1. The molecule has 2 aliphatic heterocycles. The Morgan fingerprint density at radius 1 is 1.24 bits per heavy atom. The SMILES string of the molecule is CO[C@@H]1O[C@H](CO)[C@@H](O)[C@H](O[C@H]2C[C@H](O)[C@@H](O)[C@H](C)O2)[C@H]1NC(C)=O. The van der Waals surface area contributed by atoms with E-state index in [4.69, 9.17) is 18.9 Å². The first-order chi connectivity index (χ1) is 11.8. The van der Waals surface area contributed by atoms with E-state index in [1.54, 1.807) is 6.92 Å². The third kappa shape index (κ3) is 4.66. The molecule has 0 aromatic carbocycles. The molecule has 2 aliphatic rings. The van der Waals surface area contributed by atoms with Crippen molar-refractivity contribution in [3.8, 4) is 0 Å². The molecule has 0 aromatic rings. The van der Waals surface area contributed by atoms with E-state index in [1.807, 2.05) is 0 Å². The summed E-state index contributed by atoms with van der Waals surface area (Å²) in [4.78, 5) is 11.5. The van der Waals surface area contributed by atoms with Crippen molar-refractivity contribution in [3.05, 3.63) is 0 Å². The number of aliphatic hydroxyl groups is 4. The van der Waals surface area contributed by atoms with Gasteiger partial charge in [-0.15, -0.1) is 0 Å². The lowest BCUT2D eigenvalue weighted by molar-refractivity contribution is -0.316. The zero-order valence-corrected chi connectivity index (χ0v) is 14.4. The van der Waals surface area contributed by atoms with Gasteiger partial charge < -0.3 is 44.7 Å². The molecular formula is C15H27NO9. The van der Waals surface area contributed by atoms with Crippen LogP contribution in [0.15, 0.2) is 0 Å². The van der Waals surface area contributed by atoms with Crippen LogP contribution in [0.5, 0.6) is 0 Å². The van der Waals surface area contributed by atoms with Gasteiger partial charge in [0.2, 0.25) is 5.91 Å². The molecule has 0 radical (unpaired) electrons. The summed E-state index contributed by atoms with van der Waals surface area (Å²) in [5.74, 6) is -0.382. The van der Waals surface area contributed by atoms with Gasteiger partial charge in [0.25, 0.3) is 0 Å². The zero-order chi connectivity index (χ0) is 18.7. The quantitative estimate of drug-likeness (QED) is 0.355. The fraction of sp³-hybridized carbons (Fsp3) is 0.933. The van der Waals surface area contributed by atoms with E-state index in [0.717, 1.165) is 0 Å². The summed E-state index contributed by atoms with van der Waals surface area (Å²) in [6, 6.07) is -0.858. The molecule has 0 unspecified atom stereocenters. The maximum atomic E-state index is 11.5. The molecule has 1 amide bonds. The van der Waals surface area contributed by atoms with Gasteiger partial charge in [0.1, 0.15) is 30.5 Å². The molecule has 0 spiro atoms. The summed E-state index contributed by atoms with van der Waals surface area (Å²) in [6.07, 6.45) is -7.89. The minimum absolute atomic E-state index is 0.0101. The summed E-state index contributed by atoms with van der Waals surface area (Å²) < 4.78 is 21.9. The van der Waals surface area contributed by atoms with Crippen LogP contribution in [-0.2, 0) is 23.7 Å². The van der Waals surface area contributed by atoms with Crippen LogP contribution in [0.3, 0.4) is 0 Å². The summed E-state index contributed by atoms with van der Waals surface area (Å²) >= 11 is 0.